The van der Waals surface area contributed by atoms with E-state index in [1.54, 1.807) is 6.92 Å². The Bertz CT molecular complexity index is 1130. The van der Waals surface area contributed by atoms with E-state index in [0.29, 0.717) is 29.9 Å². The molecule has 0 saturated heterocycles. The van der Waals surface area contributed by atoms with Gasteiger partial charge in [-0.2, -0.15) is 0 Å². The van der Waals surface area contributed by atoms with Crippen molar-refractivity contribution in [1.82, 2.24) is 5.32 Å². The first-order chi connectivity index (χ1) is 17.1. The number of ketones is 1. The van der Waals surface area contributed by atoms with E-state index >= 15 is 0 Å². The molecule has 1 aromatic carbocycles. The molecule has 0 aromatic heterocycles. The molecule has 4 aliphatic carbocycles. The van der Waals surface area contributed by atoms with Crippen molar-refractivity contribution in [1.29, 1.82) is 0 Å². The molecule has 5 rings (SSSR count). The molecule has 2 saturated carbocycles. The monoisotopic (exact) mass is 489 g/mol. The van der Waals surface area contributed by atoms with Crippen molar-refractivity contribution in [2.75, 3.05) is 6.54 Å². The van der Waals surface area contributed by atoms with E-state index in [0.717, 1.165) is 50.5 Å². The van der Waals surface area contributed by atoms with Crippen molar-refractivity contribution in [2.45, 2.75) is 78.7 Å². The van der Waals surface area contributed by atoms with E-state index in [-0.39, 0.29) is 34.6 Å². The molecule has 192 valence electrons. The number of hydrogen-bond donors (Lipinski definition) is 1. The summed E-state index contributed by atoms with van der Waals surface area (Å²) >= 11 is 0. The number of rotatable bonds is 5. The first-order valence-corrected chi connectivity index (χ1v) is 13.6. The summed E-state index contributed by atoms with van der Waals surface area (Å²) in [7, 11) is 0. The number of nitrogens with one attached hydrogen (secondary N) is 1. The Balaban J connectivity index is 1.47. The van der Waals surface area contributed by atoms with Crippen LogP contribution in [0.25, 0.3) is 0 Å². The van der Waals surface area contributed by atoms with Crippen molar-refractivity contribution in [3.63, 3.8) is 0 Å². The number of carbonyl (C=O) groups excluding carboxylic acids is 3. The van der Waals surface area contributed by atoms with Crippen molar-refractivity contribution in [2.24, 2.45) is 28.6 Å². The zero-order valence-electron chi connectivity index (χ0n) is 22.1. The van der Waals surface area contributed by atoms with E-state index in [1.807, 2.05) is 30.3 Å². The summed E-state index contributed by atoms with van der Waals surface area (Å²) in [6.07, 6.45) is 8.84. The normalized spacial score (nSPS) is 35.2. The molecule has 4 aliphatic rings. The second-order valence-corrected chi connectivity index (χ2v) is 12.0. The number of ether oxygens (including phenoxy) is 1. The lowest BCUT2D eigenvalue weighted by Crippen LogP contribution is -2.52. The molecule has 5 heteroatoms. The molecule has 0 aliphatic heterocycles. The van der Waals surface area contributed by atoms with Crippen LogP contribution in [0.1, 0.15) is 83.0 Å². The quantitative estimate of drug-likeness (QED) is 0.419. The summed E-state index contributed by atoms with van der Waals surface area (Å²) in [4.78, 5) is 37.2. The van der Waals surface area contributed by atoms with Gasteiger partial charge in [0.2, 0.25) is 0 Å². The van der Waals surface area contributed by atoms with Crippen LogP contribution in [0, 0.1) is 28.6 Å². The lowest BCUT2D eigenvalue weighted by molar-refractivity contribution is -0.148. The molecule has 5 nitrogen and oxygen atoms in total. The summed E-state index contributed by atoms with van der Waals surface area (Å²) in [6, 6.07) is 9.35. The summed E-state index contributed by atoms with van der Waals surface area (Å²) in [6.45, 7) is 8.45. The maximum atomic E-state index is 12.9. The van der Waals surface area contributed by atoms with E-state index in [9.17, 15) is 14.4 Å². The van der Waals surface area contributed by atoms with Gasteiger partial charge in [0.1, 0.15) is 6.10 Å². The zero-order chi connectivity index (χ0) is 25.7. The largest absolute Gasteiger partial charge is 0.462 e. The molecular formula is C31H39NO4. The van der Waals surface area contributed by atoms with Gasteiger partial charge in [0.15, 0.2) is 5.78 Å². The Morgan fingerprint density at radius 1 is 0.972 bits per heavy atom. The molecule has 0 radical (unpaired) electrons. The van der Waals surface area contributed by atoms with Crippen LogP contribution in [-0.4, -0.2) is 30.3 Å². The van der Waals surface area contributed by atoms with Crippen LogP contribution in [0.3, 0.4) is 0 Å². The Hall–Kier alpha value is -2.69. The number of allylic oxidation sites excluding steroid dienone is 2. The SMILES string of the molecule is CC(=O)O[C@H]1CC[C@@]2(C)C(=C(CNC(=O)c3ccccc3)CC3C2CC[C@]2(C)C(C(C)=O)=CCC32)C1. The number of esters is 1. The molecule has 2 fully saturated rings. The summed E-state index contributed by atoms with van der Waals surface area (Å²) in [5, 5.41) is 3.19. The van der Waals surface area contributed by atoms with Gasteiger partial charge in [0.05, 0.1) is 0 Å². The lowest BCUT2D eigenvalue weighted by Gasteiger charge is -2.59. The number of amides is 1. The third kappa shape index (κ3) is 4.14. The van der Waals surface area contributed by atoms with Crippen molar-refractivity contribution in [3.05, 3.63) is 58.7 Å². The molecule has 1 N–H and O–H groups in total. The number of hydrogen-bond acceptors (Lipinski definition) is 4. The molecule has 6 atom stereocenters. The van der Waals surface area contributed by atoms with Gasteiger partial charge < -0.3 is 10.1 Å². The third-order valence-electron chi connectivity index (χ3n) is 10.1. The standard InChI is InChI=1S/C31H39NO4/c1-19(33)25-10-11-26-24-16-22(18-32-29(35)21-8-6-5-7-9-21)28-17-23(36-20(2)34)12-14-31(28,4)27(24)13-15-30(25,26)3/h5-10,23-24,26-27H,11-18H2,1-4H3,(H,32,35)/t23-,24?,26?,27?,30+,31+/m0/s1. The third-order valence-corrected chi connectivity index (χ3v) is 10.1. The number of benzene rings is 1. The molecule has 3 unspecified atom stereocenters. The Kier molecular flexibility index (Phi) is 6.46. The minimum Gasteiger partial charge on any atom is -0.462 e. The highest BCUT2D eigenvalue weighted by molar-refractivity contribution is 5.95. The summed E-state index contributed by atoms with van der Waals surface area (Å²) < 4.78 is 5.68. The predicted octanol–water partition coefficient (Wildman–Crippen LogP) is 5.81. The summed E-state index contributed by atoms with van der Waals surface area (Å²) in [5.41, 5.74) is 4.39. The second kappa shape index (κ2) is 9.32. The molecule has 0 bridgehead atoms. The maximum Gasteiger partial charge on any atom is 0.302 e. The summed E-state index contributed by atoms with van der Waals surface area (Å²) in [5.74, 6) is 1.43. The van der Waals surface area contributed by atoms with Gasteiger partial charge in [-0.1, -0.05) is 49.3 Å². The van der Waals surface area contributed by atoms with Crippen LogP contribution in [0.15, 0.2) is 53.1 Å². The van der Waals surface area contributed by atoms with Crippen molar-refractivity contribution < 1.29 is 19.1 Å². The fourth-order valence-electron chi connectivity index (χ4n) is 8.41. The highest BCUT2D eigenvalue weighted by Gasteiger charge is 2.58. The van der Waals surface area contributed by atoms with Gasteiger partial charge in [-0.15, -0.1) is 0 Å². The molecular weight excluding hydrogens is 450 g/mol. The first kappa shape index (κ1) is 25.0. The highest BCUT2D eigenvalue weighted by Crippen LogP contribution is 2.66. The van der Waals surface area contributed by atoms with Gasteiger partial charge >= 0.3 is 5.97 Å². The number of Topliss-reactive ketones (excluding diaryl/α,β-unsaturated/α-hetero) is 1. The van der Waals surface area contributed by atoms with Crippen LogP contribution in [-0.2, 0) is 14.3 Å². The molecule has 36 heavy (non-hydrogen) atoms. The van der Waals surface area contributed by atoms with Crippen molar-refractivity contribution in [3.8, 4) is 0 Å². The molecule has 1 amide bonds. The lowest BCUT2D eigenvalue weighted by atomic mass is 9.46. The van der Waals surface area contributed by atoms with Gasteiger partial charge in [0, 0.05) is 25.5 Å². The average molecular weight is 490 g/mol. The van der Waals surface area contributed by atoms with Crippen LogP contribution in [0.4, 0.5) is 0 Å². The molecule has 1 aromatic rings. The van der Waals surface area contributed by atoms with Crippen LogP contribution >= 0.6 is 0 Å². The second-order valence-electron chi connectivity index (χ2n) is 12.0. The van der Waals surface area contributed by atoms with Gasteiger partial charge in [-0.05, 0) is 91.7 Å². The number of carbonyl (C=O) groups is 3. The van der Waals surface area contributed by atoms with E-state index in [2.05, 4.69) is 25.2 Å². The van der Waals surface area contributed by atoms with E-state index in [1.165, 1.54) is 18.1 Å². The van der Waals surface area contributed by atoms with E-state index < -0.39 is 0 Å². The van der Waals surface area contributed by atoms with E-state index in [4.69, 9.17) is 4.74 Å². The first-order valence-electron chi connectivity index (χ1n) is 13.6. The highest BCUT2D eigenvalue weighted by atomic mass is 16.5. The fraction of sp³-hybridized carbons (Fsp3) is 0.581. The Morgan fingerprint density at radius 2 is 1.69 bits per heavy atom. The topological polar surface area (TPSA) is 72.5 Å². The van der Waals surface area contributed by atoms with Crippen molar-refractivity contribution >= 4 is 17.7 Å². The van der Waals surface area contributed by atoms with Gasteiger partial charge in [-0.25, -0.2) is 0 Å². The fourth-order valence-corrected chi connectivity index (χ4v) is 8.41. The zero-order valence-corrected chi connectivity index (χ0v) is 22.1. The minimum atomic E-state index is -0.223. The van der Waals surface area contributed by atoms with Crippen LogP contribution in [0.2, 0.25) is 0 Å². The Morgan fingerprint density at radius 3 is 2.39 bits per heavy atom. The minimum absolute atomic E-state index is 0.0344. The maximum absolute atomic E-state index is 12.9. The van der Waals surface area contributed by atoms with Gasteiger partial charge in [-0.3, -0.25) is 14.4 Å². The van der Waals surface area contributed by atoms with Gasteiger partial charge in [0.25, 0.3) is 5.91 Å². The average Bonchev–Trinajstić information content (AvgIpc) is 3.20. The molecule has 0 spiro atoms. The molecule has 0 heterocycles. The Labute approximate surface area is 214 Å². The predicted molar refractivity (Wildman–Crippen MR) is 139 cm³/mol. The number of fused-ring (bicyclic) bond motifs is 5. The van der Waals surface area contributed by atoms with Crippen LogP contribution < -0.4 is 5.32 Å². The smallest absolute Gasteiger partial charge is 0.302 e. The van der Waals surface area contributed by atoms with Crippen LogP contribution in [0.5, 0.6) is 0 Å².